The molecule has 0 bridgehead atoms. The summed E-state index contributed by atoms with van der Waals surface area (Å²) < 4.78 is 23.9. The van der Waals surface area contributed by atoms with Crippen LogP contribution >= 0.6 is 0 Å². The molecule has 7 heteroatoms. The van der Waals surface area contributed by atoms with Crippen molar-refractivity contribution in [3.63, 3.8) is 0 Å². The van der Waals surface area contributed by atoms with Gasteiger partial charge in [-0.05, 0) is 32.1 Å². The number of nitrogens with two attached hydrogens (primary N) is 1. The van der Waals surface area contributed by atoms with Crippen LogP contribution in [-0.2, 0) is 19.4 Å². The highest BCUT2D eigenvalue weighted by Gasteiger charge is 2.33. The molecule has 0 unspecified atom stereocenters. The van der Waals surface area contributed by atoms with Gasteiger partial charge in [0.25, 0.3) is 0 Å². The fourth-order valence-corrected chi connectivity index (χ4v) is 3.96. The van der Waals surface area contributed by atoms with Crippen molar-refractivity contribution >= 4 is 21.7 Å². The highest BCUT2D eigenvalue weighted by molar-refractivity contribution is 7.92. The van der Waals surface area contributed by atoms with Crippen molar-refractivity contribution in [2.45, 2.75) is 46.1 Å². The number of nitrogens with zero attached hydrogens (tertiary/aromatic N) is 1. The second-order valence-electron chi connectivity index (χ2n) is 6.35. The third-order valence-electron chi connectivity index (χ3n) is 3.95. The molecule has 2 amide bonds. The fourth-order valence-electron chi connectivity index (χ4n) is 2.45. The second kappa shape index (κ2) is 7.24. The molecular formula is C14H26N2O4S. The second-order valence-corrected chi connectivity index (χ2v) is 8.53. The van der Waals surface area contributed by atoms with Crippen molar-refractivity contribution in [1.29, 1.82) is 0 Å². The molecule has 1 saturated heterocycles. The zero-order valence-electron chi connectivity index (χ0n) is 13.0. The zero-order chi connectivity index (χ0) is 16.2. The Morgan fingerprint density at radius 2 is 1.90 bits per heavy atom. The van der Waals surface area contributed by atoms with E-state index in [4.69, 9.17) is 5.73 Å². The van der Waals surface area contributed by atoms with E-state index >= 15 is 0 Å². The summed E-state index contributed by atoms with van der Waals surface area (Å²) in [4.78, 5) is 25.0. The van der Waals surface area contributed by atoms with E-state index in [1.807, 2.05) is 20.8 Å². The van der Waals surface area contributed by atoms with Crippen LogP contribution in [0.1, 0.15) is 40.0 Å². The molecule has 1 aliphatic heterocycles. The Morgan fingerprint density at radius 1 is 1.29 bits per heavy atom. The van der Waals surface area contributed by atoms with E-state index in [1.165, 1.54) is 4.90 Å². The number of likely N-dealkylation sites (tertiary alicyclic amines) is 1. The van der Waals surface area contributed by atoms with Gasteiger partial charge in [-0.3, -0.25) is 9.59 Å². The lowest BCUT2D eigenvalue weighted by atomic mass is 9.93. The number of amides is 2. The van der Waals surface area contributed by atoms with E-state index in [1.54, 1.807) is 0 Å². The molecule has 0 saturated carbocycles. The van der Waals surface area contributed by atoms with Crippen molar-refractivity contribution in [3.8, 4) is 0 Å². The maximum absolute atomic E-state index is 12.2. The number of hydrogen-bond donors (Lipinski definition) is 1. The minimum atomic E-state index is -3.39. The predicted octanol–water partition coefficient (Wildman–Crippen LogP) is 0.560. The summed E-state index contributed by atoms with van der Waals surface area (Å²) in [5.74, 6) is -1.39. The number of sulfone groups is 1. The highest BCUT2D eigenvalue weighted by atomic mass is 32.2. The Kier molecular flexibility index (Phi) is 6.19. The van der Waals surface area contributed by atoms with Crippen LogP contribution < -0.4 is 5.73 Å². The van der Waals surface area contributed by atoms with Gasteiger partial charge in [-0.1, -0.05) is 13.8 Å². The highest BCUT2D eigenvalue weighted by Crippen LogP contribution is 2.22. The third-order valence-corrected chi connectivity index (χ3v) is 5.50. The van der Waals surface area contributed by atoms with Crippen LogP contribution in [0.3, 0.4) is 0 Å². The van der Waals surface area contributed by atoms with E-state index in [9.17, 15) is 18.0 Å². The first-order chi connectivity index (χ1) is 9.62. The van der Waals surface area contributed by atoms with Crippen molar-refractivity contribution in [2.75, 3.05) is 18.1 Å². The molecule has 6 nitrogen and oxygen atoms in total. The minimum absolute atomic E-state index is 0.0257. The number of carbonyl (C=O) groups excluding carboxylic acids is 2. The summed E-state index contributed by atoms with van der Waals surface area (Å²) in [7, 11) is -3.39. The van der Waals surface area contributed by atoms with Gasteiger partial charge in [-0.25, -0.2) is 8.42 Å². The van der Waals surface area contributed by atoms with Crippen molar-refractivity contribution in [3.05, 3.63) is 0 Å². The maximum Gasteiger partial charge on any atom is 0.238 e. The number of piperidine rings is 1. The molecule has 0 radical (unpaired) electrons. The van der Waals surface area contributed by atoms with Gasteiger partial charge in [-0.2, -0.15) is 0 Å². The smallest absolute Gasteiger partial charge is 0.238 e. The molecule has 1 aliphatic rings. The molecule has 1 rings (SSSR count). The van der Waals surface area contributed by atoms with E-state index in [2.05, 4.69) is 0 Å². The number of primary amides is 1. The average molecular weight is 318 g/mol. The van der Waals surface area contributed by atoms with E-state index in [0.29, 0.717) is 19.3 Å². The molecule has 2 N–H and O–H groups in total. The van der Waals surface area contributed by atoms with Crippen molar-refractivity contribution in [1.82, 2.24) is 4.90 Å². The van der Waals surface area contributed by atoms with Gasteiger partial charge in [-0.15, -0.1) is 0 Å². The first-order valence-corrected chi connectivity index (χ1v) is 9.23. The lowest BCUT2D eigenvalue weighted by Crippen LogP contribution is -2.50. The van der Waals surface area contributed by atoms with Crippen LogP contribution in [0.25, 0.3) is 0 Å². The Bertz CT molecular complexity index is 487. The SMILES string of the molecule is CC(C)CCS(=O)(=O)CC(=O)N1C[C@@H](C(N)=O)CC[C@@H]1C. The summed E-state index contributed by atoms with van der Waals surface area (Å²) in [6, 6.07) is -0.0478. The standard InChI is InChI=1S/C14H26N2O4S/c1-10(2)6-7-21(19,20)9-13(17)16-8-12(14(15)18)5-4-11(16)3/h10-12H,4-9H2,1-3H3,(H2,15,18)/t11-,12-/m0/s1. The minimum Gasteiger partial charge on any atom is -0.369 e. The normalized spacial score (nSPS) is 23.3. The van der Waals surface area contributed by atoms with Crippen molar-refractivity contribution < 1.29 is 18.0 Å². The third kappa shape index (κ3) is 5.65. The molecule has 0 aromatic rings. The molecule has 1 fully saturated rings. The van der Waals surface area contributed by atoms with Gasteiger partial charge in [0.2, 0.25) is 11.8 Å². The van der Waals surface area contributed by atoms with Gasteiger partial charge in [0.15, 0.2) is 9.84 Å². The van der Waals surface area contributed by atoms with Crippen LogP contribution in [0.4, 0.5) is 0 Å². The molecule has 122 valence electrons. The van der Waals surface area contributed by atoms with Gasteiger partial charge in [0, 0.05) is 12.6 Å². The van der Waals surface area contributed by atoms with Crippen LogP contribution in [0.5, 0.6) is 0 Å². The largest absolute Gasteiger partial charge is 0.369 e. The average Bonchev–Trinajstić information content (AvgIpc) is 2.36. The number of rotatable bonds is 6. The Hall–Kier alpha value is -1.11. The lowest BCUT2D eigenvalue weighted by molar-refractivity contribution is -0.135. The molecule has 0 aromatic heterocycles. The predicted molar refractivity (Wildman–Crippen MR) is 81.2 cm³/mol. The maximum atomic E-state index is 12.2. The summed E-state index contributed by atoms with van der Waals surface area (Å²) >= 11 is 0. The summed E-state index contributed by atoms with van der Waals surface area (Å²) in [6.07, 6.45) is 1.88. The van der Waals surface area contributed by atoms with Crippen molar-refractivity contribution in [2.24, 2.45) is 17.6 Å². The van der Waals surface area contributed by atoms with E-state index < -0.39 is 27.4 Å². The number of hydrogen-bond acceptors (Lipinski definition) is 4. The Balaban J connectivity index is 2.66. The summed E-state index contributed by atoms with van der Waals surface area (Å²) in [5, 5.41) is 0. The first-order valence-electron chi connectivity index (χ1n) is 7.41. The Labute approximate surface area is 127 Å². The van der Waals surface area contributed by atoms with Gasteiger partial charge in [0.1, 0.15) is 5.75 Å². The van der Waals surface area contributed by atoms with Crippen LogP contribution in [0.2, 0.25) is 0 Å². The fraction of sp³-hybridized carbons (Fsp3) is 0.857. The number of carbonyl (C=O) groups is 2. The van der Waals surface area contributed by atoms with Crippen LogP contribution in [-0.4, -0.2) is 49.2 Å². The van der Waals surface area contributed by atoms with Gasteiger partial charge < -0.3 is 10.6 Å². The molecule has 2 atom stereocenters. The van der Waals surface area contributed by atoms with E-state index in [0.717, 1.165) is 0 Å². The van der Waals surface area contributed by atoms with Crippen LogP contribution in [0.15, 0.2) is 0 Å². The first kappa shape index (κ1) is 17.9. The van der Waals surface area contributed by atoms with Gasteiger partial charge in [0.05, 0.1) is 11.7 Å². The monoisotopic (exact) mass is 318 g/mol. The lowest BCUT2D eigenvalue weighted by Gasteiger charge is -2.36. The topological polar surface area (TPSA) is 97.5 Å². The molecule has 21 heavy (non-hydrogen) atoms. The molecule has 0 aliphatic carbocycles. The quantitative estimate of drug-likeness (QED) is 0.773. The van der Waals surface area contributed by atoms with Crippen LogP contribution in [0, 0.1) is 11.8 Å². The molecule has 1 heterocycles. The van der Waals surface area contributed by atoms with Gasteiger partial charge >= 0.3 is 0 Å². The molecule has 0 spiro atoms. The molecular weight excluding hydrogens is 292 g/mol. The zero-order valence-corrected chi connectivity index (χ0v) is 13.9. The Morgan fingerprint density at radius 3 is 2.43 bits per heavy atom. The summed E-state index contributed by atoms with van der Waals surface area (Å²) in [5.41, 5.74) is 5.29. The van der Waals surface area contributed by atoms with E-state index in [-0.39, 0.29) is 30.2 Å². The molecule has 0 aromatic carbocycles. The summed E-state index contributed by atoms with van der Waals surface area (Å²) in [6.45, 7) is 5.99.